The van der Waals surface area contributed by atoms with Gasteiger partial charge in [-0.2, -0.15) is 0 Å². The van der Waals surface area contributed by atoms with E-state index in [2.05, 4.69) is 4.98 Å². The highest BCUT2D eigenvalue weighted by atomic mass is 35.5. The van der Waals surface area contributed by atoms with Gasteiger partial charge in [-0.3, -0.25) is 0 Å². The van der Waals surface area contributed by atoms with Crippen LogP contribution in [0.1, 0.15) is 51.6 Å². The van der Waals surface area contributed by atoms with Crippen molar-refractivity contribution in [2.24, 2.45) is 0 Å². The molecule has 0 unspecified atom stereocenters. The van der Waals surface area contributed by atoms with Crippen molar-refractivity contribution in [3.63, 3.8) is 0 Å². The van der Waals surface area contributed by atoms with Gasteiger partial charge >= 0.3 is 5.97 Å². The van der Waals surface area contributed by atoms with E-state index in [-0.39, 0.29) is 5.97 Å². The number of ether oxygens (including phenoxy) is 2. The smallest absolute Gasteiger partial charge is 0.337 e. The lowest BCUT2D eigenvalue weighted by atomic mass is 10.1. The Labute approximate surface area is 166 Å². The SMILES string of the molecule is COC(=O)C(C)(C)OCCCCCCCc1coc(-c2ccc(Cl)cc2)n1. The van der Waals surface area contributed by atoms with Gasteiger partial charge in [-0.25, -0.2) is 9.78 Å². The second kappa shape index (κ2) is 10.5. The molecule has 0 spiro atoms. The maximum atomic E-state index is 11.5. The highest BCUT2D eigenvalue weighted by Gasteiger charge is 2.29. The molecule has 5 nitrogen and oxygen atoms in total. The molecule has 0 fully saturated rings. The standard InChI is InChI=1S/C21H28ClNO4/c1-21(2,20(24)25-3)27-14-8-6-4-5-7-9-18-15-26-19(23-18)16-10-12-17(22)13-11-16/h10-13,15H,4-9,14H2,1-3H3. The number of hydrogen-bond donors (Lipinski definition) is 0. The summed E-state index contributed by atoms with van der Waals surface area (Å²) < 4.78 is 15.9. The Morgan fingerprint density at radius 2 is 1.78 bits per heavy atom. The molecule has 0 aliphatic heterocycles. The lowest BCUT2D eigenvalue weighted by molar-refractivity contribution is -0.165. The normalized spacial score (nSPS) is 11.6. The van der Waals surface area contributed by atoms with Crippen LogP contribution < -0.4 is 0 Å². The van der Waals surface area contributed by atoms with Crippen LogP contribution in [0.5, 0.6) is 0 Å². The van der Waals surface area contributed by atoms with E-state index < -0.39 is 5.60 Å². The molecule has 0 saturated heterocycles. The van der Waals surface area contributed by atoms with Crippen molar-refractivity contribution < 1.29 is 18.7 Å². The zero-order valence-electron chi connectivity index (χ0n) is 16.3. The molecule has 2 rings (SSSR count). The van der Waals surface area contributed by atoms with E-state index in [1.54, 1.807) is 20.1 Å². The van der Waals surface area contributed by atoms with Gasteiger partial charge in [0.1, 0.15) is 6.26 Å². The van der Waals surface area contributed by atoms with Crippen molar-refractivity contribution in [3.05, 3.63) is 41.2 Å². The first-order chi connectivity index (χ1) is 12.9. The third-order valence-corrected chi connectivity index (χ3v) is 4.61. The molecule has 0 aliphatic rings. The number of unbranched alkanes of at least 4 members (excludes halogenated alkanes) is 4. The van der Waals surface area contributed by atoms with Gasteiger partial charge in [0.15, 0.2) is 5.60 Å². The summed E-state index contributed by atoms with van der Waals surface area (Å²) in [6.45, 7) is 4.03. The summed E-state index contributed by atoms with van der Waals surface area (Å²) in [5.41, 5.74) is 1.03. The molecular formula is C21H28ClNO4. The molecule has 0 aliphatic carbocycles. The van der Waals surface area contributed by atoms with Crippen molar-refractivity contribution in [2.75, 3.05) is 13.7 Å². The molecule has 1 aromatic heterocycles. The van der Waals surface area contributed by atoms with Crippen molar-refractivity contribution in [2.45, 2.75) is 58.0 Å². The molecule has 0 N–H and O–H groups in total. The molecule has 0 saturated carbocycles. The number of nitrogens with zero attached hydrogens (tertiary/aromatic N) is 1. The van der Waals surface area contributed by atoms with Gasteiger partial charge in [-0.05, 0) is 57.4 Å². The summed E-state index contributed by atoms with van der Waals surface area (Å²) in [5, 5.41) is 0.699. The largest absolute Gasteiger partial charge is 0.467 e. The molecule has 6 heteroatoms. The number of rotatable bonds is 11. The average Bonchev–Trinajstić information content (AvgIpc) is 3.12. The highest BCUT2D eigenvalue weighted by Crippen LogP contribution is 2.21. The summed E-state index contributed by atoms with van der Waals surface area (Å²) in [4.78, 5) is 16.0. The molecular weight excluding hydrogens is 366 g/mol. The molecule has 0 bridgehead atoms. The van der Waals surface area contributed by atoms with Crippen LogP contribution in [-0.4, -0.2) is 30.3 Å². The molecule has 0 amide bonds. The predicted octanol–water partition coefficient (Wildman–Crippen LogP) is 5.46. The van der Waals surface area contributed by atoms with Gasteiger partial charge in [0, 0.05) is 17.2 Å². The fourth-order valence-electron chi connectivity index (χ4n) is 2.72. The Bertz CT molecular complexity index is 709. The number of benzene rings is 1. The second-order valence-electron chi connectivity index (χ2n) is 7.02. The van der Waals surface area contributed by atoms with Gasteiger partial charge in [0.2, 0.25) is 5.89 Å². The molecule has 1 heterocycles. The van der Waals surface area contributed by atoms with Crippen LogP contribution in [0, 0.1) is 0 Å². The lowest BCUT2D eigenvalue weighted by Crippen LogP contribution is -2.36. The molecule has 0 atom stereocenters. The third kappa shape index (κ3) is 7.00. The van der Waals surface area contributed by atoms with Crippen molar-refractivity contribution in [3.8, 4) is 11.5 Å². The van der Waals surface area contributed by atoms with E-state index in [0.29, 0.717) is 17.5 Å². The van der Waals surface area contributed by atoms with E-state index in [1.807, 2.05) is 24.3 Å². The first-order valence-corrected chi connectivity index (χ1v) is 9.73. The number of methoxy groups -OCH3 is 1. The summed E-state index contributed by atoms with van der Waals surface area (Å²) >= 11 is 5.90. The Balaban J connectivity index is 1.58. The Morgan fingerprint density at radius 3 is 2.48 bits per heavy atom. The fraction of sp³-hybridized carbons (Fsp3) is 0.524. The molecule has 148 valence electrons. The van der Waals surface area contributed by atoms with Crippen molar-refractivity contribution >= 4 is 17.6 Å². The number of carbonyl (C=O) groups is 1. The predicted molar refractivity (Wildman–Crippen MR) is 106 cm³/mol. The second-order valence-corrected chi connectivity index (χ2v) is 7.46. The van der Waals surface area contributed by atoms with Crippen LogP contribution >= 0.6 is 11.6 Å². The Hall–Kier alpha value is -1.85. The van der Waals surface area contributed by atoms with Crippen LogP contribution in [-0.2, 0) is 20.7 Å². The molecule has 2 aromatic rings. The first kappa shape index (κ1) is 21.5. The summed E-state index contributed by atoms with van der Waals surface area (Å²) in [6, 6.07) is 7.47. The summed E-state index contributed by atoms with van der Waals surface area (Å²) in [6.07, 6.45) is 7.97. The summed E-state index contributed by atoms with van der Waals surface area (Å²) in [7, 11) is 1.38. The Morgan fingerprint density at radius 1 is 1.11 bits per heavy atom. The van der Waals surface area contributed by atoms with Crippen molar-refractivity contribution in [1.29, 1.82) is 0 Å². The summed E-state index contributed by atoms with van der Waals surface area (Å²) in [5.74, 6) is 0.292. The van der Waals surface area contributed by atoms with E-state index >= 15 is 0 Å². The number of carbonyl (C=O) groups excluding carboxylic acids is 1. The minimum atomic E-state index is -0.872. The van der Waals surface area contributed by atoms with Crippen molar-refractivity contribution in [1.82, 2.24) is 4.98 Å². The van der Waals surface area contributed by atoms with Gasteiger partial charge in [0.05, 0.1) is 12.8 Å². The number of esters is 1. The zero-order valence-corrected chi connectivity index (χ0v) is 17.1. The number of oxazole rings is 1. The number of aryl methyl sites for hydroxylation is 1. The minimum Gasteiger partial charge on any atom is -0.467 e. The van der Waals surface area contributed by atoms with Gasteiger partial charge in [-0.1, -0.05) is 30.9 Å². The maximum absolute atomic E-state index is 11.5. The van der Waals surface area contributed by atoms with E-state index in [1.165, 1.54) is 7.11 Å². The van der Waals surface area contributed by atoms with Gasteiger partial charge in [0.25, 0.3) is 0 Å². The third-order valence-electron chi connectivity index (χ3n) is 4.36. The van der Waals surface area contributed by atoms with Crippen LogP contribution in [0.2, 0.25) is 5.02 Å². The lowest BCUT2D eigenvalue weighted by Gasteiger charge is -2.22. The zero-order chi connectivity index (χ0) is 19.7. The van der Waals surface area contributed by atoms with Crippen LogP contribution in [0.25, 0.3) is 11.5 Å². The van der Waals surface area contributed by atoms with Crippen LogP contribution in [0.3, 0.4) is 0 Å². The number of aromatic nitrogens is 1. The minimum absolute atomic E-state index is 0.340. The first-order valence-electron chi connectivity index (χ1n) is 9.35. The maximum Gasteiger partial charge on any atom is 0.337 e. The number of halogens is 1. The average molecular weight is 394 g/mol. The molecule has 1 aromatic carbocycles. The Kier molecular flexibility index (Phi) is 8.32. The quantitative estimate of drug-likeness (QED) is 0.375. The van der Waals surface area contributed by atoms with Crippen LogP contribution in [0.4, 0.5) is 0 Å². The van der Waals surface area contributed by atoms with E-state index in [0.717, 1.165) is 49.8 Å². The monoisotopic (exact) mass is 393 g/mol. The number of hydrogen-bond acceptors (Lipinski definition) is 5. The van der Waals surface area contributed by atoms with Gasteiger partial charge < -0.3 is 13.9 Å². The van der Waals surface area contributed by atoms with E-state index in [9.17, 15) is 4.79 Å². The topological polar surface area (TPSA) is 61.6 Å². The molecule has 0 radical (unpaired) electrons. The fourth-order valence-corrected chi connectivity index (χ4v) is 2.84. The molecule has 27 heavy (non-hydrogen) atoms. The van der Waals surface area contributed by atoms with Gasteiger partial charge in [-0.15, -0.1) is 0 Å². The van der Waals surface area contributed by atoms with E-state index in [4.69, 9.17) is 25.5 Å². The highest BCUT2D eigenvalue weighted by molar-refractivity contribution is 6.30. The van der Waals surface area contributed by atoms with Crippen LogP contribution in [0.15, 0.2) is 34.9 Å².